The molecule has 6 heteroatoms. The lowest BCUT2D eigenvalue weighted by Crippen LogP contribution is -2.26. The molecule has 0 N–H and O–H groups in total. The summed E-state index contributed by atoms with van der Waals surface area (Å²) in [7, 11) is 1.06. The zero-order valence-corrected chi connectivity index (χ0v) is 16.2. The Morgan fingerprint density at radius 1 is 0.741 bits per heavy atom. The number of rotatable bonds is 6. The van der Waals surface area contributed by atoms with Gasteiger partial charge in [-0.05, 0) is 59.7 Å². The van der Waals surface area contributed by atoms with Crippen LogP contribution in [0.25, 0.3) is 11.1 Å². The molecule has 0 aliphatic rings. The lowest BCUT2D eigenvalue weighted by Gasteiger charge is -2.20. The Labute approximate surface area is 159 Å². The van der Waals surface area contributed by atoms with Gasteiger partial charge in [-0.3, -0.25) is 4.31 Å². The molecule has 3 aromatic rings. The predicted octanol–water partition coefficient (Wildman–Crippen LogP) is 4.20. The van der Waals surface area contributed by atoms with E-state index in [4.69, 9.17) is 9.47 Å². The lowest BCUT2D eigenvalue weighted by molar-refractivity contribution is 0.415. The van der Waals surface area contributed by atoms with E-state index in [1.54, 1.807) is 62.8 Å². The van der Waals surface area contributed by atoms with Gasteiger partial charge in [0.25, 0.3) is 10.0 Å². The van der Waals surface area contributed by atoms with Crippen molar-refractivity contribution in [3.8, 4) is 22.6 Å². The van der Waals surface area contributed by atoms with Crippen LogP contribution >= 0.6 is 0 Å². The highest BCUT2D eigenvalue weighted by molar-refractivity contribution is 7.92. The van der Waals surface area contributed by atoms with Crippen LogP contribution < -0.4 is 13.8 Å². The van der Waals surface area contributed by atoms with Gasteiger partial charge in [-0.25, -0.2) is 8.42 Å². The van der Waals surface area contributed by atoms with E-state index >= 15 is 0 Å². The Morgan fingerprint density at radius 2 is 1.37 bits per heavy atom. The maximum atomic E-state index is 12.9. The first-order valence-electron chi connectivity index (χ1n) is 8.33. The Balaban J connectivity index is 1.88. The van der Waals surface area contributed by atoms with E-state index < -0.39 is 10.0 Å². The van der Waals surface area contributed by atoms with Crippen LogP contribution in [0.15, 0.2) is 77.7 Å². The van der Waals surface area contributed by atoms with Gasteiger partial charge in [-0.2, -0.15) is 0 Å². The number of ether oxygens (including phenoxy) is 2. The second kappa shape index (κ2) is 7.72. The molecule has 5 nitrogen and oxygen atoms in total. The number of nitrogens with zero attached hydrogens (tertiary/aromatic N) is 1. The predicted molar refractivity (Wildman–Crippen MR) is 107 cm³/mol. The van der Waals surface area contributed by atoms with Gasteiger partial charge in [0.1, 0.15) is 11.5 Å². The van der Waals surface area contributed by atoms with Gasteiger partial charge in [0.2, 0.25) is 0 Å². The molecule has 27 heavy (non-hydrogen) atoms. The van der Waals surface area contributed by atoms with Crippen LogP contribution in [0.3, 0.4) is 0 Å². The van der Waals surface area contributed by atoms with Crippen LogP contribution in [-0.4, -0.2) is 29.7 Å². The summed E-state index contributed by atoms with van der Waals surface area (Å²) in [5, 5.41) is 0. The quantitative estimate of drug-likeness (QED) is 0.640. The smallest absolute Gasteiger partial charge is 0.264 e. The Hall–Kier alpha value is -2.99. The molecular formula is C21H21NO4S. The van der Waals surface area contributed by atoms with Gasteiger partial charge < -0.3 is 9.47 Å². The molecule has 3 rings (SSSR count). The molecule has 0 saturated heterocycles. The molecule has 0 heterocycles. The second-order valence-electron chi connectivity index (χ2n) is 5.93. The minimum absolute atomic E-state index is 0.229. The second-order valence-corrected chi connectivity index (χ2v) is 7.90. The average Bonchev–Trinajstić information content (AvgIpc) is 2.73. The highest BCUT2D eigenvalue weighted by Gasteiger charge is 2.21. The van der Waals surface area contributed by atoms with Crippen LogP contribution in [0, 0.1) is 0 Å². The molecule has 0 aliphatic heterocycles. The SMILES string of the molecule is COc1ccc(N(C)S(=O)(=O)c2ccc(-c3cccc(OC)c3)cc2)cc1. The van der Waals surface area contributed by atoms with Crippen LogP contribution in [0.2, 0.25) is 0 Å². The van der Waals surface area contributed by atoms with Crippen LogP contribution in [0.1, 0.15) is 0 Å². The first-order chi connectivity index (χ1) is 13.0. The fourth-order valence-electron chi connectivity index (χ4n) is 2.71. The topological polar surface area (TPSA) is 55.8 Å². The zero-order chi connectivity index (χ0) is 19.4. The highest BCUT2D eigenvalue weighted by atomic mass is 32.2. The van der Waals surface area contributed by atoms with E-state index in [0.29, 0.717) is 11.4 Å². The first-order valence-corrected chi connectivity index (χ1v) is 9.77. The first kappa shape index (κ1) is 18.8. The van der Waals surface area contributed by atoms with Crippen molar-refractivity contribution in [2.45, 2.75) is 4.90 Å². The number of sulfonamides is 1. The maximum absolute atomic E-state index is 12.9. The molecule has 0 aliphatic carbocycles. The number of hydrogen-bond donors (Lipinski definition) is 0. The number of methoxy groups -OCH3 is 2. The third kappa shape index (κ3) is 3.90. The van der Waals surface area contributed by atoms with Crippen molar-refractivity contribution < 1.29 is 17.9 Å². The third-order valence-electron chi connectivity index (χ3n) is 4.35. The van der Waals surface area contributed by atoms with Crippen LogP contribution in [-0.2, 0) is 10.0 Å². The largest absolute Gasteiger partial charge is 0.497 e. The fraction of sp³-hybridized carbons (Fsp3) is 0.143. The van der Waals surface area contributed by atoms with Gasteiger partial charge in [0, 0.05) is 7.05 Å². The Morgan fingerprint density at radius 3 is 1.96 bits per heavy atom. The maximum Gasteiger partial charge on any atom is 0.264 e. The molecule has 0 amide bonds. The standard InChI is InChI=1S/C21H21NO4S/c1-22(18-9-11-19(25-2)12-10-18)27(23,24)21-13-7-16(8-14-21)17-5-4-6-20(15-17)26-3/h4-15H,1-3H3. The molecule has 0 aromatic heterocycles. The van der Waals surface area contributed by atoms with Gasteiger partial charge in [-0.1, -0.05) is 24.3 Å². The molecule has 0 spiro atoms. The minimum atomic E-state index is -3.66. The Bertz CT molecular complexity index is 1010. The molecule has 0 bridgehead atoms. The van der Waals surface area contributed by atoms with E-state index in [1.165, 1.54) is 11.4 Å². The Kier molecular flexibility index (Phi) is 5.37. The molecule has 0 unspecified atom stereocenters. The van der Waals surface area contributed by atoms with Crippen molar-refractivity contribution >= 4 is 15.7 Å². The minimum Gasteiger partial charge on any atom is -0.497 e. The van der Waals surface area contributed by atoms with Crippen LogP contribution in [0.5, 0.6) is 11.5 Å². The summed E-state index contributed by atoms with van der Waals surface area (Å²) in [6.07, 6.45) is 0. The molecule has 3 aromatic carbocycles. The van der Waals surface area contributed by atoms with Crippen molar-refractivity contribution in [3.63, 3.8) is 0 Å². The molecule has 0 fully saturated rings. The van der Waals surface area contributed by atoms with E-state index in [9.17, 15) is 8.42 Å². The van der Waals surface area contributed by atoms with Gasteiger partial charge in [0.05, 0.1) is 24.8 Å². The van der Waals surface area contributed by atoms with Gasteiger partial charge >= 0.3 is 0 Å². The molecule has 140 valence electrons. The van der Waals surface area contributed by atoms with Crippen molar-refractivity contribution in [1.29, 1.82) is 0 Å². The highest BCUT2D eigenvalue weighted by Crippen LogP contribution is 2.28. The summed E-state index contributed by atoms with van der Waals surface area (Å²) in [5.74, 6) is 1.43. The number of hydrogen-bond acceptors (Lipinski definition) is 4. The summed E-state index contributed by atoms with van der Waals surface area (Å²) in [6, 6.07) is 21.3. The summed E-state index contributed by atoms with van der Waals surface area (Å²) in [5.41, 5.74) is 2.44. The van der Waals surface area contributed by atoms with E-state index in [0.717, 1.165) is 16.9 Å². The van der Waals surface area contributed by atoms with E-state index in [2.05, 4.69) is 0 Å². The molecule has 0 saturated carbocycles. The van der Waals surface area contributed by atoms with Gasteiger partial charge in [-0.15, -0.1) is 0 Å². The summed E-state index contributed by atoms with van der Waals surface area (Å²) >= 11 is 0. The van der Waals surface area contributed by atoms with E-state index in [-0.39, 0.29) is 4.90 Å². The molecule has 0 atom stereocenters. The van der Waals surface area contributed by atoms with Crippen molar-refractivity contribution in [2.24, 2.45) is 0 Å². The van der Waals surface area contributed by atoms with Crippen molar-refractivity contribution in [3.05, 3.63) is 72.8 Å². The van der Waals surface area contributed by atoms with Crippen molar-refractivity contribution in [1.82, 2.24) is 0 Å². The number of benzene rings is 3. The molecular weight excluding hydrogens is 362 g/mol. The number of anilines is 1. The fourth-order valence-corrected chi connectivity index (χ4v) is 3.91. The normalized spacial score (nSPS) is 11.1. The van der Waals surface area contributed by atoms with Crippen LogP contribution in [0.4, 0.5) is 5.69 Å². The summed E-state index contributed by atoms with van der Waals surface area (Å²) < 4.78 is 37.4. The lowest BCUT2D eigenvalue weighted by atomic mass is 10.1. The molecule has 0 radical (unpaired) electrons. The summed E-state index contributed by atoms with van der Waals surface area (Å²) in [4.78, 5) is 0.229. The third-order valence-corrected chi connectivity index (χ3v) is 6.15. The average molecular weight is 383 g/mol. The van der Waals surface area contributed by atoms with E-state index in [1.807, 2.05) is 24.3 Å². The van der Waals surface area contributed by atoms with Gasteiger partial charge in [0.15, 0.2) is 0 Å². The monoisotopic (exact) mass is 383 g/mol. The van der Waals surface area contributed by atoms with Crippen molar-refractivity contribution in [2.75, 3.05) is 25.6 Å². The zero-order valence-electron chi connectivity index (χ0n) is 15.4. The summed E-state index contributed by atoms with van der Waals surface area (Å²) in [6.45, 7) is 0.